The molecule has 1 saturated carbocycles. The maximum absolute atomic E-state index is 13.8. The largest absolute Gasteiger partial charge is 0.494 e. The highest BCUT2D eigenvalue weighted by Crippen LogP contribution is 2.45. The smallest absolute Gasteiger partial charge is 0.306 e. The topological polar surface area (TPSA) is 93.4 Å². The van der Waals surface area contributed by atoms with Gasteiger partial charge in [-0.1, -0.05) is 29.3 Å². The van der Waals surface area contributed by atoms with E-state index in [1.54, 1.807) is 0 Å². The number of aromatic nitrogens is 2. The van der Waals surface area contributed by atoms with Crippen molar-refractivity contribution in [1.82, 2.24) is 15.1 Å². The third kappa shape index (κ3) is 5.82. The van der Waals surface area contributed by atoms with Crippen molar-refractivity contribution >= 4 is 40.7 Å². The fourth-order valence-electron chi connectivity index (χ4n) is 6.48. The van der Waals surface area contributed by atoms with Crippen LogP contribution in [-0.2, 0) is 23.1 Å². The molecule has 5 rings (SSSR count). The van der Waals surface area contributed by atoms with E-state index in [9.17, 15) is 14.7 Å². The maximum atomic E-state index is 13.8. The number of aliphatic carboxylic acids is 1. The number of halogens is 2. The summed E-state index contributed by atoms with van der Waals surface area (Å²) in [7, 11) is 1.92. The third-order valence-corrected chi connectivity index (χ3v) is 9.62. The van der Waals surface area contributed by atoms with Gasteiger partial charge in [0.05, 0.1) is 18.2 Å². The summed E-state index contributed by atoms with van der Waals surface area (Å²) in [5.74, 6) is -0.570. The molecule has 2 N–H and O–H groups in total. The molecular weight excluding hydrogens is 573 g/mol. The zero-order valence-electron chi connectivity index (χ0n) is 24.7. The first-order valence-corrected chi connectivity index (χ1v) is 15.2. The van der Waals surface area contributed by atoms with Crippen LogP contribution in [0.15, 0.2) is 29.8 Å². The molecule has 0 aliphatic heterocycles. The van der Waals surface area contributed by atoms with Crippen molar-refractivity contribution in [3.05, 3.63) is 73.5 Å². The van der Waals surface area contributed by atoms with E-state index in [0.717, 1.165) is 61.1 Å². The Bertz CT molecular complexity index is 1580. The van der Waals surface area contributed by atoms with Crippen molar-refractivity contribution in [3.8, 4) is 16.9 Å². The number of carboxylic acid groups (broad SMARTS) is 1. The first-order valence-electron chi connectivity index (χ1n) is 14.4. The molecule has 0 spiro atoms. The van der Waals surface area contributed by atoms with Gasteiger partial charge in [0, 0.05) is 51.9 Å². The van der Waals surface area contributed by atoms with E-state index >= 15 is 0 Å². The van der Waals surface area contributed by atoms with Gasteiger partial charge in [-0.25, -0.2) is 0 Å². The van der Waals surface area contributed by atoms with Gasteiger partial charge in [0.2, 0.25) is 5.91 Å². The second kappa shape index (κ2) is 12.1. The van der Waals surface area contributed by atoms with Crippen LogP contribution in [0.4, 0.5) is 0 Å². The summed E-state index contributed by atoms with van der Waals surface area (Å²) < 4.78 is 7.94. The standard InChI is InChI=1S/C33H37Cl2N3O4/c1-17-13-23(14-18(2)31(17)35)42-12-6-7-24-25-10-11-28(34)30(29-19(3)37-38(5)20(29)4)26(25)16-27(24)32(39)36-22-9-8-21(15-22)33(40)41/h10-11,13-14,21-22H,6-9,12,15-16H2,1-5H3,(H,36,39)(H,40,41)/t21-,22+/m1/s1. The second-order valence-corrected chi connectivity index (χ2v) is 12.4. The van der Waals surface area contributed by atoms with Crippen LogP contribution in [0.2, 0.25) is 10.0 Å². The quantitative estimate of drug-likeness (QED) is 0.251. The summed E-state index contributed by atoms with van der Waals surface area (Å²) in [4.78, 5) is 25.3. The number of carboxylic acids is 1. The molecule has 1 heterocycles. The molecule has 0 unspecified atom stereocenters. The van der Waals surface area contributed by atoms with Crippen molar-refractivity contribution in [2.45, 2.75) is 72.3 Å². The third-order valence-electron chi connectivity index (χ3n) is 8.70. The molecule has 222 valence electrons. The van der Waals surface area contributed by atoms with Crippen LogP contribution in [0.1, 0.15) is 65.7 Å². The minimum Gasteiger partial charge on any atom is -0.494 e. The average Bonchev–Trinajstić information content (AvgIpc) is 3.62. The number of hydrogen-bond acceptors (Lipinski definition) is 4. The van der Waals surface area contributed by atoms with Gasteiger partial charge in [-0.3, -0.25) is 14.3 Å². The average molecular weight is 611 g/mol. The summed E-state index contributed by atoms with van der Waals surface area (Å²) >= 11 is 13.2. The number of carbonyl (C=O) groups excluding carboxylic acids is 1. The van der Waals surface area contributed by atoms with Crippen LogP contribution >= 0.6 is 23.2 Å². The summed E-state index contributed by atoms with van der Waals surface area (Å²) in [5.41, 5.74) is 9.51. The Kier molecular flexibility index (Phi) is 8.72. The molecule has 3 aromatic rings. The molecule has 0 bridgehead atoms. The number of nitrogens with one attached hydrogen (secondary N) is 1. The maximum Gasteiger partial charge on any atom is 0.306 e. The highest BCUT2D eigenvalue weighted by Gasteiger charge is 2.34. The molecule has 0 radical (unpaired) electrons. The lowest BCUT2D eigenvalue weighted by Crippen LogP contribution is -2.34. The van der Waals surface area contributed by atoms with Crippen LogP contribution in [0.5, 0.6) is 5.75 Å². The number of benzene rings is 2. The highest BCUT2D eigenvalue weighted by atomic mass is 35.5. The number of aryl methyl sites for hydroxylation is 4. The van der Waals surface area contributed by atoms with Crippen LogP contribution in [0.25, 0.3) is 16.7 Å². The van der Waals surface area contributed by atoms with Crippen LogP contribution in [0, 0.1) is 33.6 Å². The number of rotatable bonds is 9. The zero-order chi connectivity index (χ0) is 30.3. The number of hydrogen-bond donors (Lipinski definition) is 2. The second-order valence-electron chi connectivity index (χ2n) is 11.6. The fourth-order valence-corrected chi connectivity index (χ4v) is 6.86. The fraction of sp³-hybridized carbons (Fsp3) is 0.424. The number of carbonyl (C=O) groups is 2. The normalized spacial score (nSPS) is 18.0. The Morgan fingerprint density at radius 3 is 2.43 bits per heavy atom. The molecule has 2 aromatic carbocycles. The first kappa shape index (κ1) is 30.2. The van der Waals surface area contributed by atoms with E-state index in [-0.39, 0.29) is 11.9 Å². The molecule has 2 atom stereocenters. The number of amides is 1. The van der Waals surface area contributed by atoms with Gasteiger partial charge in [0.1, 0.15) is 5.75 Å². The Balaban J connectivity index is 1.43. The van der Waals surface area contributed by atoms with Gasteiger partial charge in [0.15, 0.2) is 0 Å². The molecular formula is C33H37Cl2N3O4. The van der Waals surface area contributed by atoms with Gasteiger partial charge in [-0.15, -0.1) is 0 Å². The van der Waals surface area contributed by atoms with E-state index in [0.29, 0.717) is 55.7 Å². The van der Waals surface area contributed by atoms with Gasteiger partial charge in [0.25, 0.3) is 0 Å². The summed E-state index contributed by atoms with van der Waals surface area (Å²) in [5, 5.41) is 18.6. The lowest BCUT2D eigenvalue weighted by Gasteiger charge is -2.15. The predicted octanol–water partition coefficient (Wildman–Crippen LogP) is 7.17. The first-order chi connectivity index (χ1) is 20.0. The minimum absolute atomic E-state index is 0.135. The SMILES string of the molecule is Cc1cc(OCCCC2=C(C(=O)N[C@H]3CC[C@@H](C(=O)O)C3)Cc3c2ccc(Cl)c3-c2c(C)nn(C)c2C)cc(C)c1Cl. The van der Waals surface area contributed by atoms with E-state index in [4.69, 9.17) is 27.9 Å². The summed E-state index contributed by atoms with van der Waals surface area (Å²) in [6.07, 6.45) is 3.50. The Labute approximate surface area is 256 Å². The Hall–Kier alpha value is -3.29. The molecule has 0 saturated heterocycles. The van der Waals surface area contributed by atoms with Crippen LogP contribution in [-0.4, -0.2) is 39.4 Å². The summed E-state index contributed by atoms with van der Waals surface area (Å²) in [6, 6.07) is 7.66. The predicted molar refractivity (Wildman–Crippen MR) is 166 cm³/mol. The van der Waals surface area contributed by atoms with Gasteiger partial charge < -0.3 is 15.2 Å². The molecule has 2 aliphatic carbocycles. The van der Waals surface area contributed by atoms with Gasteiger partial charge in [-0.2, -0.15) is 5.10 Å². The molecule has 2 aliphatic rings. The Morgan fingerprint density at radius 1 is 1.10 bits per heavy atom. The number of allylic oxidation sites excluding steroid dienone is 1. The van der Waals surface area contributed by atoms with Crippen molar-refractivity contribution in [1.29, 1.82) is 0 Å². The van der Waals surface area contributed by atoms with Crippen molar-refractivity contribution in [2.24, 2.45) is 13.0 Å². The molecule has 7 nitrogen and oxygen atoms in total. The van der Waals surface area contributed by atoms with E-state index in [1.807, 2.05) is 63.7 Å². The monoisotopic (exact) mass is 609 g/mol. The molecule has 1 aromatic heterocycles. The van der Waals surface area contributed by atoms with Crippen molar-refractivity contribution < 1.29 is 19.4 Å². The van der Waals surface area contributed by atoms with E-state index in [1.165, 1.54) is 0 Å². The molecule has 42 heavy (non-hydrogen) atoms. The van der Waals surface area contributed by atoms with Crippen LogP contribution in [0.3, 0.4) is 0 Å². The highest BCUT2D eigenvalue weighted by molar-refractivity contribution is 6.34. The Morgan fingerprint density at radius 2 is 1.81 bits per heavy atom. The zero-order valence-corrected chi connectivity index (χ0v) is 26.2. The number of nitrogens with zero attached hydrogens (tertiary/aromatic N) is 2. The minimum atomic E-state index is -0.799. The van der Waals surface area contributed by atoms with E-state index < -0.39 is 11.9 Å². The summed E-state index contributed by atoms with van der Waals surface area (Å²) in [6.45, 7) is 8.41. The lowest BCUT2D eigenvalue weighted by atomic mass is 9.93. The molecule has 1 fully saturated rings. The van der Waals surface area contributed by atoms with E-state index in [2.05, 4.69) is 10.4 Å². The van der Waals surface area contributed by atoms with Gasteiger partial charge in [-0.05, 0) is 106 Å². The van der Waals surface area contributed by atoms with Crippen molar-refractivity contribution in [2.75, 3.05) is 6.61 Å². The number of ether oxygens (including phenoxy) is 1. The number of fused-ring (bicyclic) bond motifs is 1. The van der Waals surface area contributed by atoms with Crippen LogP contribution < -0.4 is 10.1 Å². The van der Waals surface area contributed by atoms with Crippen molar-refractivity contribution in [3.63, 3.8) is 0 Å². The lowest BCUT2D eigenvalue weighted by molar-refractivity contribution is -0.141. The molecule has 1 amide bonds. The van der Waals surface area contributed by atoms with Gasteiger partial charge >= 0.3 is 5.97 Å². The molecule has 9 heteroatoms.